The second-order valence-corrected chi connectivity index (χ2v) is 5.54. The zero-order valence-corrected chi connectivity index (χ0v) is 13.1. The number of rotatable bonds is 0. The first-order chi connectivity index (χ1) is 8.40. The van der Waals surface area contributed by atoms with Crippen molar-refractivity contribution in [2.75, 3.05) is 0 Å². The van der Waals surface area contributed by atoms with Crippen molar-refractivity contribution in [2.45, 2.75) is 37.5 Å². The lowest BCUT2D eigenvalue weighted by Gasteiger charge is -1.97. The Labute approximate surface area is 121 Å². The Morgan fingerprint density at radius 2 is 0.944 bits per heavy atom. The minimum Gasteiger partial charge on any atom is -0.143 e. The van der Waals surface area contributed by atoms with Crippen molar-refractivity contribution in [2.24, 2.45) is 0 Å². The summed E-state index contributed by atoms with van der Waals surface area (Å²) >= 11 is 8.49. The summed E-state index contributed by atoms with van der Waals surface area (Å²) < 4.78 is 0. The van der Waals surface area contributed by atoms with Crippen LogP contribution in [0, 0.1) is 27.7 Å². The van der Waals surface area contributed by atoms with Gasteiger partial charge in [0.1, 0.15) is 0 Å². The van der Waals surface area contributed by atoms with Gasteiger partial charge in [-0.2, -0.15) is 0 Å². The van der Waals surface area contributed by atoms with E-state index < -0.39 is 0 Å². The van der Waals surface area contributed by atoms with Gasteiger partial charge in [-0.15, -0.1) is 25.3 Å². The molecule has 0 saturated carbocycles. The predicted octanol–water partition coefficient (Wildman–Crippen LogP) is 5.18. The molecular weight excluding hydrogens is 256 g/mol. The standard InChI is InChI=1S/2C8H10S/c2*1-6-3-4-8(9)7(2)5-6/h2*3-5,9H,1-2H3. The number of hydrogen-bond donors (Lipinski definition) is 2. The van der Waals surface area contributed by atoms with Gasteiger partial charge in [-0.1, -0.05) is 35.4 Å². The fourth-order valence-corrected chi connectivity index (χ4v) is 1.89. The maximum Gasteiger partial charge on any atom is 0.00694 e. The Morgan fingerprint density at radius 3 is 1.17 bits per heavy atom. The third-order valence-electron chi connectivity index (χ3n) is 2.70. The molecular formula is C16H20S2. The summed E-state index contributed by atoms with van der Waals surface area (Å²) in [6, 6.07) is 12.4. The van der Waals surface area contributed by atoms with Gasteiger partial charge in [-0.3, -0.25) is 0 Å². The quantitative estimate of drug-likeness (QED) is 0.608. The van der Waals surface area contributed by atoms with E-state index in [2.05, 4.69) is 77.2 Å². The first-order valence-corrected chi connectivity index (χ1v) is 6.82. The van der Waals surface area contributed by atoms with Crippen LogP contribution in [0.25, 0.3) is 0 Å². The highest BCUT2D eigenvalue weighted by Gasteiger charge is 1.90. The Bertz CT molecular complexity index is 481. The summed E-state index contributed by atoms with van der Waals surface area (Å²) in [6.45, 7) is 8.30. The lowest BCUT2D eigenvalue weighted by Crippen LogP contribution is -1.76. The van der Waals surface area contributed by atoms with Gasteiger partial charge in [0.25, 0.3) is 0 Å². The molecule has 0 radical (unpaired) electrons. The van der Waals surface area contributed by atoms with Crippen LogP contribution in [0.3, 0.4) is 0 Å². The molecule has 0 spiro atoms. The van der Waals surface area contributed by atoms with Crippen molar-refractivity contribution >= 4 is 25.3 Å². The van der Waals surface area contributed by atoms with Crippen LogP contribution in [0.15, 0.2) is 46.2 Å². The number of hydrogen-bond acceptors (Lipinski definition) is 2. The monoisotopic (exact) mass is 276 g/mol. The van der Waals surface area contributed by atoms with E-state index in [9.17, 15) is 0 Å². The fraction of sp³-hybridized carbons (Fsp3) is 0.250. The van der Waals surface area contributed by atoms with Crippen LogP contribution in [0.2, 0.25) is 0 Å². The van der Waals surface area contributed by atoms with Crippen molar-refractivity contribution < 1.29 is 0 Å². The molecule has 0 aliphatic rings. The fourth-order valence-electron chi connectivity index (χ4n) is 1.61. The molecule has 0 fully saturated rings. The second-order valence-electron chi connectivity index (χ2n) is 4.58. The van der Waals surface area contributed by atoms with Crippen LogP contribution in [0.4, 0.5) is 0 Å². The third-order valence-corrected chi connectivity index (χ3v) is 3.71. The summed E-state index contributed by atoms with van der Waals surface area (Å²) in [4.78, 5) is 2.14. The molecule has 0 N–H and O–H groups in total. The van der Waals surface area contributed by atoms with Gasteiger partial charge in [0.15, 0.2) is 0 Å². The number of thiol groups is 2. The highest BCUT2D eigenvalue weighted by atomic mass is 32.1. The van der Waals surface area contributed by atoms with E-state index in [0.29, 0.717) is 0 Å². The van der Waals surface area contributed by atoms with Crippen molar-refractivity contribution in [1.82, 2.24) is 0 Å². The molecule has 0 atom stereocenters. The minimum absolute atomic E-state index is 1.07. The summed E-state index contributed by atoms with van der Waals surface area (Å²) in [6.07, 6.45) is 0. The minimum atomic E-state index is 1.07. The van der Waals surface area contributed by atoms with Gasteiger partial charge >= 0.3 is 0 Å². The topological polar surface area (TPSA) is 0 Å². The van der Waals surface area contributed by atoms with E-state index in [1.165, 1.54) is 22.3 Å². The van der Waals surface area contributed by atoms with E-state index in [4.69, 9.17) is 0 Å². The Balaban J connectivity index is 0.000000180. The molecule has 0 unspecified atom stereocenters. The number of aryl methyl sites for hydroxylation is 4. The van der Waals surface area contributed by atoms with Gasteiger partial charge in [0, 0.05) is 9.79 Å². The Kier molecular flexibility index (Phi) is 5.83. The normalized spacial score (nSPS) is 9.67. The molecule has 2 aromatic rings. The molecule has 0 heterocycles. The maximum absolute atomic E-state index is 4.25. The van der Waals surface area contributed by atoms with Crippen molar-refractivity contribution in [3.63, 3.8) is 0 Å². The van der Waals surface area contributed by atoms with Crippen molar-refractivity contribution in [3.05, 3.63) is 58.7 Å². The first kappa shape index (κ1) is 15.2. The molecule has 0 saturated heterocycles. The van der Waals surface area contributed by atoms with Crippen LogP contribution in [0.5, 0.6) is 0 Å². The average molecular weight is 276 g/mol. The smallest absolute Gasteiger partial charge is 0.00694 e. The molecule has 18 heavy (non-hydrogen) atoms. The van der Waals surface area contributed by atoms with Crippen LogP contribution in [0.1, 0.15) is 22.3 Å². The summed E-state index contributed by atoms with van der Waals surface area (Å²) in [5, 5.41) is 0. The lowest BCUT2D eigenvalue weighted by atomic mass is 10.2. The third kappa shape index (κ3) is 4.79. The molecule has 2 aromatic carbocycles. The molecule has 96 valence electrons. The van der Waals surface area contributed by atoms with E-state index in [0.717, 1.165) is 9.79 Å². The van der Waals surface area contributed by atoms with Crippen molar-refractivity contribution in [1.29, 1.82) is 0 Å². The SMILES string of the molecule is Cc1ccc(S)c(C)c1.Cc1ccc(S)c(C)c1. The number of benzene rings is 2. The van der Waals surface area contributed by atoms with Gasteiger partial charge in [-0.05, 0) is 51.0 Å². The van der Waals surface area contributed by atoms with Gasteiger partial charge in [-0.25, -0.2) is 0 Å². The van der Waals surface area contributed by atoms with E-state index in [1.54, 1.807) is 0 Å². The molecule has 0 aliphatic heterocycles. The van der Waals surface area contributed by atoms with Gasteiger partial charge < -0.3 is 0 Å². The molecule has 0 bridgehead atoms. The summed E-state index contributed by atoms with van der Waals surface area (Å²) in [5.74, 6) is 0. The van der Waals surface area contributed by atoms with Crippen LogP contribution in [-0.4, -0.2) is 0 Å². The Morgan fingerprint density at radius 1 is 0.611 bits per heavy atom. The summed E-state index contributed by atoms with van der Waals surface area (Å²) in [5.41, 5.74) is 5.09. The van der Waals surface area contributed by atoms with Crippen LogP contribution < -0.4 is 0 Å². The van der Waals surface area contributed by atoms with Crippen LogP contribution >= 0.6 is 25.3 Å². The molecule has 0 aromatic heterocycles. The molecule has 0 amide bonds. The summed E-state index contributed by atoms with van der Waals surface area (Å²) in [7, 11) is 0. The largest absolute Gasteiger partial charge is 0.143 e. The molecule has 0 aliphatic carbocycles. The zero-order valence-electron chi connectivity index (χ0n) is 11.4. The van der Waals surface area contributed by atoms with Gasteiger partial charge in [0.05, 0.1) is 0 Å². The second kappa shape index (κ2) is 6.91. The lowest BCUT2D eigenvalue weighted by molar-refractivity contribution is 1.27. The highest BCUT2D eigenvalue weighted by Crippen LogP contribution is 2.13. The first-order valence-electron chi connectivity index (χ1n) is 5.92. The zero-order chi connectivity index (χ0) is 13.7. The highest BCUT2D eigenvalue weighted by molar-refractivity contribution is 7.80. The van der Waals surface area contributed by atoms with Crippen molar-refractivity contribution in [3.8, 4) is 0 Å². The average Bonchev–Trinajstić information content (AvgIpc) is 2.30. The maximum atomic E-state index is 4.25. The van der Waals surface area contributed by atoms with E-state index in [1.807, 2.05) is 12.1 Å². The Hall–Kier alpha value is -0.860. The predicted molar refractivity (Wildman–Crippen MR) is 86.3 cm³/mol. The molecule has 2 rings (SSSR count). The molecule has 2 heteroatoms. The van der Waals surface area contributed by atoms with E-state index >= 15 is 0 Å². The molecule has 0 nitrogen and oxygen atoms in total. The van der Waals surface area contributed by atoms with Gasteiger partial charge in [0.2, 0.25) is 0 Å². The van der Waals surface area contributed by atoms with E-state index in [-0.39, 0.29) is 0 Å². The van der Waals surface area contributed by atoms with Crippen LogP contribution in [-0.2, 0) is 0 Å².